The Bertz CT molecular complexity index is 765. The lowest BCUT2D eigenvalue weighted by molar-refractivity contribution is 0.234. The zero-order valence-electron chi connectivity index (χ0n) is 14.9. The highest BCUT2D eigenvalue weighted by molar-refractivity contribution is 5.64. The summed E-state index contributed by atoms with van der Waals surface area (Å²) in [7, 11) is 1.73. The van der Waals surface area contributed by atoms with E-state index in [4.69, 9.17) is 4.74 Å². The van der Waals surface area contributed by atoms with Crippen LogP contribution >= 0.6 is 0 Å². The molecule has 2 fully saturated rings. The fraction of sp³-hybridized carbons (Fsp3) is 0.600. The fourth-order valence-corrected chi connectivity index (χ4v) is 5.20. The van der Waals surface area contributed by atoms with Gasteiger partial charge < -0.3 is 9.30 Å². The highest BCUT2D eigenvalue weighted by Crippen LogP contribution is 2.42. The zero-order valence-corrected chi connectivity index (χ0v) is 14.9. The molecule has 0 N–H and O–H groups in total. The van der Waals surface area contributed by atoms with E-state index in [2.05, 4.69) is 31.8 Å². The minimum absolute atomic E-state index is 0.513. The van der Waals surface area contributed by atoms with E-state index >= 15 is 0 Å². The second-order valence-electron chi connectivity index (χ2n) is 7.77. The predicted octanol–water partition coefficient (Wildman–Crippen LogP) is 3.32. The molecule has 25 heavy (non-hydrogen) atoms. The summed E-state index contributed by atoms with van der Waals surface area (Å²) < 4.78 is 8.01. The van der Waals surface area contributed by atoms with E-state index in [1.165, 1.54) is 38.6 Å². The molecule has 1 aromatic carbocycles. The van der Waals surface area contributed by atoms with Crippen molar-refractivity contribution in [1.82, 2.24) is 19.7 Å². The van der Waals surface area contributed by atoms with Crippen molar-refractivity contribution >= 4 is 0 Å². The van der Waals surface area contributed by atoms with Gasteiger partial charge in [-0.25, -0.2) is 0 Å². The molecule has 1 aliphatic carbocycles. The second kappa shape index (κ2) is 6.13. The summed E-state index contributed by atoms with van der Waals surface area (Å²) in [6.45, 7) is 2.40. The molecule has 2 atom stereocenters. The largest absolute Gasteiger partial charge is 0.496 e. The molecule has 1 saturated carbocycles. The van der Waals surface area contributed by atoms with Crippen molar-refractivity contribution in [3.63, 3.8) is 0 Å². The van der Waals surface area contributed by atoms with Crippen LogP contribution in [0.1, 0.15) is 44.0 Å². The topological polar surface area (TPSA) is 43.2 Å². The van der Waals surface area contributed by atoms with E-state index in [1.54, 1.807) is 7.11 Å². The van der Waals surface area contributed by atoms with E-state index in [0.717, 1.165) is 47.9 Å². The Morgan fingerprint density at radius 3 is 2.72 bits per heavy atom. The SMILES string of the molecule is COc1ccccc1-c1nnc2n1[C@H]1CN(C3CCCC3)C[C@H]1CC2. The molecule has 0 spiro atoms. The molecule has 5 heteroatoms. The van der Waals surface area contributed by atoms with E-state index < -0.39 is 0 Å². The fourth-order valence-electron chi connectivity index (χ4n) is 5.20. The lowest BCUT2D eigenvalue weighted by Crippen LogP contribution is -2.31. The predicted molar refractivity (Wildman–Crippen MR) is 96.7 cm³/mol. The van der Waals surface area contributed by atoms with Gasteiger partial charge in [-0.05, 0) is 37.3 Å². The van der Waals surface area contributed by atoms with Crippen LogP contribution < -0.4 is 4.74 Å². The minimum atomic E-state index is 0.513. The van der Waals surface area contributed by atoms with Gasteiger partial charge in [-0.3, -0.25) is 4.90 Å². The molecule has 132 valence electrons. The number of nitrogens with zero attached hydrogens (tertiary/aromatic N) is 4. The first-order valence-corrected chi connectivity index (χ1v) is 9.66. The van der Waals surface area contributed by atoms with Crippen molar-refractivity contribution in [3.05, 3.63) is 30.1 Å². The quantitative estimate of drug-likeness (QED) is 0.861. The smallest absolute Gasteiger partial charge is 0.168 e. The number of methoxy groups -OCH3 is 1. The van der Waals surface area contributed by atoms with Crippen LogP contribution in [0.5, 0.6) is 5.75 Å². The monoisotopic (exact) mass is 338 g/mol. The number of para-hydroxylation sites is 1. The Hall–Kier alpha value is -1.88. The van der Waals surface area contributed by atoms with Crippen LogP contribution in [0, 0.1) is 5.92 Å². The van der Waals surface area contributed by atoms with Gasteiger partial charge in [-0.15, -0.1) is 10.2 Å². The third-order valence-electron chi connectivity index (χ3n) is 6.46. The molecule has 2 aromatic rings. The van der Waals surface area contributed by atoms with Gasteiger partial charge in [-0.2, -0.15) is 0 Å². The first kappa shape index (κ1) is 15.4. The molecule has 5 nitrogen and oxygen atoms in total. The Morgan fingerprint density at radius 2 is 1.88 bits per heavy atom. The Morgan fingerprint density at radius 1 is 1.04 bits per heavy atom. The van der Waals surface area contributed by atoms with Gasteiger partial charge in [0.15, 0.2) is 5.82 Å². The lowest BCUT2D eigenvalue weighted by Gasteiger charge is -2.28. The van der Waals surface area contributed by atoms with Crippen molar-refractivity contribution in [1.29, 1.82) is 0 Å². The average Bonchev–Trinajstić information content (AvgIpc) is 3.38. The lowest BCUT2D eigenvalue weighted by atomic mass is 9.93. The Kier molecular flexibility index (Phi) is 3.77. The minimum Gasteiger partial charge on any atom is -0.496 e. The van der Waals surface area contributed by atoms with Gasteiger partial charge in [0.1, 0.15) is 11.6 Å². The maximum Gasteiger partial charge on any atom is 0.168 e. The Labute approximate surface area is 149 Å². The van der Waals surface area contributed by atoms with Crippen LogP contribution in [0.4, 0.5) is 0 Å². The number of aromatic nitrogens is 3. The van der Waals surface area contributed by atoms with Gasteiger partial charge >= 0.3 is 0 Å². The van der Waals surface area contributed by atoms with Crippen molar-refractivity contribution in [3.8, 4) is 17.1 Å². The second-order valence-corrected chi connectivity index (χ2v) is 7.77. The maximum absolute atomic E-state index is 5.58. The van der Waals surface area contributed by atoms with E-state index in [0.29, 0.717) is 6.04 Å². The van der Waals surface area contributed by atoms with Gasteiger partial charge in [0.2, 0.25) is 0 Å². The molecule has 3 aliphatic rings. The van der Waals surface area contributed by atoms with Crippen molar-refractivity contribution in [2.75, 3.05) is 20.2 Å². The normalized spacial score (nSPS) is 26.6. The van der Waals surface area contributed by atoms with Gasteiger partial charge in [0.25, 0.3) is 0 Å². The molecule has 2 aliphatic heterocycles. The van der Waals surface area contributed by atoms with Crippen molar-refractivity contribution in [2.45, 2.75) is 50.6 Å². The maximum atomic E-state index is 5.58. The summed E-state index contributed by atoms with van der Waals surface area (Å²) in [5.41, 5.74) is 1.06. The van der Waals surface area contributed by atoms with E-state index in [9.17, 15) is 0 Å². The first-order valence-electron chi connectivity index (χ1n) is 9.66. The average molecular weight is 338 g/mol. The molecule has 0 unspecified atom stereocenters. The van der Waals surface area contributed by atoms with Crippen molar-refractivity contribution < 1.29 is 4.74 Å². The molecular weight excluding hydrogens is 312 g/mol. The number of rotatable bonds is 3. The van der Waals surface area contributed by atoms with Crippen LogP contribution in [0.3, 0.4) is 0 Å². The highest BCUT2D eigenvalue weighted by Gasteiger charge is 2.42. The summed E-state index contributed by atoms with van der Waals surface area (Å²) in [5.74, 6) is 3.74. The molecule has 0 bridgehead atoms. The molecule has 5 rings (SSSR count). The van der Waals surface area contributed by atoms with Crippen LogP contribution in [0.2, 0.25) is 0 Å². The molecule has 0 amide bonds. The third kappa shape index (κ3) is 2.48. The van der Waals surface area contributed by atoms with Gasteiger partial charge in [-0.1, -0.05) is 25.0 Å². The molecule has 1 aromatic heterocycles. The zero-order chi connectivity index (χ0) is 16.8. The first-order chi connectivity index (χ1) is 12.3. The summed E-state index contributed by atoms with van der Waals surface area (Å²) in [5, 5.41) is 9.10. The number of likely N-dealkylation sites (tertiary alicyclic amines) is 1. The standard InChI is InChI=1S/C20H26N4O/c1-25-18-9-5-4-8-16(18)20-22-21-19-11-10-14-12-23(13-17(14)24(19)20)15-6-2-3-7-15/h4-5,8-9,14-15,17H,2-3,6-7,10-13H2,1H3/t14-,17+/m1/s1. The van der Waals surface area contributed by atoms with Crippen LogP contribution in [0.15, 0.2) is 24.3 Å². The number of ether oxygens (including phenoxy) is 1. The molecule has 3 heterocycles. The van der Waals surface area contributed by atoms with E-state index in [-0.39, 0.29) is 0 Å². The Balaban J connectivity index is 1.51. The third-order valence-corrected chi connectivity index (χ3v) is 6.46. The number of hydrogen-bond acceptors (Lipinski definition) is 4. The van der Waals surface area contributed by atoms with Crippen LogP contribution in [-0.4, -0.2) is 45.9 Å². The summed E-state index contributed by atoms with van der Waals surface area (Å²) >= 11 is 0. The number of fused-ring (bicyclic) bond motifs is 3. The van der Waals surface area contributed by atoms with Crippen LogP contribution in [0.25, 0.3) is 11.4 Å². The molecule has 0 radical (unpaired) electrons. The van der Waals surface area contributed by atoms with E-state index in [1.807, 2.05) is 12.1 Å². The highest BCUT2D eigenvalue weighted by atomic mass is 16.5. The van der Waals surface area contributed by atoms with Gasteiger partial charge in [0, 0.05) is 25.6 Å². The molecule has 1 saturated heterocycles. The van der Waals surface area contributed by atoms with Gasteiger partial charge in [0.05, 0.1) is 18.7 Å². The summed E-state index contributed by atoms with van der Waals surface area (Å²) in [6.07, 6.45) is 7.86. The van der Waals surface area contributed by atoms with Crippen LogP contribution in [-0.2, 0) is 6.42 Å². The summed E-state index contributed by atoms with van der Waals surface area (Å²) in [6, 6.07) is 9.50. The molecular formula is C20H26N4O. The summed E-state index contributed by atoms with van der Waals surface area (Å²) in [4.78, 5) is 2.75. The number of aryl methyl sites for hydroxylation is 1. The number of hydrogen-bond donors (Lipinski definition) is 0. The van der Waals surface area contributed by atoms with Crippen molar-refractivity contribution in [2.24, 2.45) is 5.92 Å². The number of benzene rings is 1.